The number of amides is 1. The number of hydrogen-bond acceptors (Lipinski definition) is 3. The molecule has 4 heteroatoms. The zero-order valence-corrected chi connectivity index (χ0v) is 11.2. The molecule has 0 aliphatic carbocycles. The second kappa shape index (κ2) is 7.84. The Morgan fingerprint density at radius 3 is 2.67 bits per heavy atom. The molecule has 0 saturated carbocycles. The highest BCUT2D eigenvalue weighted by Crippen LogP contribution is 2.05. The van der Waals surface area contributed by atoms with Gasteiger partial charge in [0, 0.05) is 20.1 Å². The number of nitrogens with one attached hydrogen (secondary N) is 1. The molecule has 1 rings (SSSR count). The van der Waals surface area contributed by atoms with Crippen LogP contribution in [0.5, 0.6) is 0 Å². The molecule has 0 heterocycles. The summed E-state index contributed by atoms with van der Waals surface area (Å²) in [6, 6.07) is 9.69. The lowest BCUT2D eigenvalue weighted by Crippen LogP contribution is -2.44. The van der Waals surface area contributed by atoms with E-state index in [0.717, 1.165) is 13.0 Å². The molecule has 0 unspecified atom stereocenters. The fourth-order valence-electron chi connectivity index (χ4n) is 1.76. The van der Waals surface area contributed by atoms with Gasteiger partial charge in [0.15, 0.2) is 0 Å². The maximum Gasteiger partial charge on any atom is 0.239 e. The summed E-state index contributed by atoms with van der Waals surface area (Å²) in [6.07, 6.45) is 1.53. The summed E-state index contributed by atoms with van der Waals surface area (Å²) in [5.41, 5.74) is 7.15. The molecular formula is C14H23N3O. The van der Waals surface area contributed by atoms with Crippen molar-refractivity contribution in [3.05, 3.63) is 35.9 Å². The van der Waals surface area contributed by atoms with Crippen LogP contribution in [-0.2, 0) is 11.2 Å². The highest BCUT2D eigenvalue weighted by atomic mass is 16.2. The molecule has 0 aliphatic rings. The van der Waals surface area contributed by atoms with Crippen LogP contribution in [0.4, 0.5) is 0 Å². The van der Waals surface area contributed by atoms with Gasteiger partial charge in [0.05, 0.1) is 6.04 Å². The SMILES string of the molecule is CNCCN(C)C(=O)[C@@H](N)CCc1ccccc1. The third-order valence-electron chi connectivity index (χ3n) is 2.98. The maximum atomic E-state index is 11.9. The Labute approximate surface area is 109 Å². The molecule has 1 amide bonds. The predicted molar refractivity (Wildman–Crippen MR) is 74.3 cm³/mol. The first-order chi connectivity index (χ1) is 8.65. The van der Waals surface area contributed by atoms with Crippen LogP contribution >= 0.6 is 0 Å². The summed E-state index contributed by atoms with van der Waals surface area (Å²) in [7, 11) is 3.66. The molecule has 0 fully saturated rings. The first kappa shape index (κ1) is 14.7. The Bertz CT molecular complexity index is 353. The van der Waals surface area contributed by atoms with Gasteiger partial charge < -0.3 is 16.0 Å². The number of carbonyl (C=O) groups is 1. The molecule has 0 aliphatic heterocycles. The summed E-state index contributed by atoms with van der Waals surface area (Å²) in [6.45, 7) is 1.47. The number of carbonyl (C=O) groups excluding carboxylic acids is 1. The van der Waals surface area contributed by atoms with Crippen molar-refractivity contribution in [2.45, 2.75) is 18.9 Å². The Kier molecular flexibility index (Phi) is 6.39. The highest BCUT2D eigenvalue weighted by molar-refractivity contribution is 5.81. The number of nitrogens with zero attached hydrogens (tertiary/aromatic N) is 1. The van der Waals surface area contributed by atoms with E-state index in [9.17, 15) is 4.79 Å². The van der Waals surface area contributed by atoms with Crippen LogP contribution in [0.3, 0.4) is 0 Å². The molecule has 0 saturated heterocycles. The van der Waals surface area contributed by atoms with E-state index < -0.39 is 6.04 Å². The summed E-state index contributed by atoms with van der Waals surface area (Å²) < 4.78 is 0. The van der Waals surface area contributed by atoms with E-state index in [-0.39, 0.29) is 5.91 Å². The van der Waals surface area contributed by atoms with Crippen LogP contribution in [0.1, 0.15) is 12.0 Å². The average Bonchev–Trinajstić information content (AvgIpc) is 2.42. The topological polar surface area (TPSA) is 58.4 Å². The monoisotopic (exact) mass is 249 g/mol. The summed E-state index contributed by atoms with van der Waals surface area (Å²) in [5, 5.41) is 3.02. The largest absolute Gasteiger partial charge is 0.343 e. The van der Waals surface area contributed by atoms with E-state index in [0.29, 0.717) is 13.0 Å². The Morgan fingerprint density at radius 1 is 1.39 bits per heavy atom. The number of benzene rings is 1. The van der Waals surface area contributed by atoms with Crippen molar-refractivity contribution in [3.8, 4) is 0 Å². The van der Waals surface area contributed by atoms with Gasteiger partial charge >= 0.3 is 0 Å². The molecule has 100 valence electrons. The third kappa shape index (κ3) is 4.85. The minimum atomic E-state index is -0.410. The zero-order valence-electron chi connectivity index (χ0n) is 11.2. The molecule has 0 radical (unpaired) electrons. The van der Waals surface area contributed by atoms with E-state index in [4.69, 9.17) is 5.73 Å². The number of rotatable bonds is 7. The van der Waals surface area contributed by atoms with Crippen molar-refractivity contribution in [1.82, 2.24) is 10.2 Å². The van der Waals surface area contributed by atoms with Gasteiger partial charge in [-0.25, -0.2) is 0 Å². The minimum absolute atomic E-state index is 0.0150. The van der Waals surface area contributed by atoms with E-state index >= 15 is 0 Å². The first-order valence-electron chi connectivity index (χ1n) is 6.34. The summed E-state index contributed by atoms with van der Waals surface area (Å²) in [4.78, 5) is 13.6. The van der Waals surface area contributed by atoms with E-state index in [2.05, 4.69) is 17.4 Å². The van der Waals surface area contributed by atoms with Crippen molar-refractivity contribution >= 4 is 5.91 Å². The molecule has 18 heavy (non-hydrogen) atoms. The summed E-state index contributed by atoms with van der Waals surface area (Å²) >= 11 is 0. The second-order valence-corrected chi connectivity index (χ2v) is 4.49. The molecule has 0 aromatic heterocycles. The van der Waals surface area contributed by atoms with Crippen LogP contribution < -0.4 is 11.1 Å². The van der Waals surface area contributed by atoms with E-state index in [1.807, 2.05) is 25.2 Å². The standard InChI is InChI=1S/C14H23N3O/c1-16-10-11-17(2)14(18)13(15)9-8-12-6-4-3-5-7-12/h3-7,13,16H,8-11,15H2,1-2H3/t13-/m0/s1. The predicted octanol–water partition coefficient (Wildman–Crippen LogP) is 0.624. The number of likely N-dealkylation sites (N-methyl/N-ethyl adjacent to an activating group) is 2. The molecular weight excluding hydrogens is 226 g/mol. The average molecular weight is 249 g/mol. The van der Waals surface area contributed by atoms with Crippen molar-refractivity contribution in [1.29, 1.82) is 0 Å². The van der Waals surface area contributed by atoms with Crippen molar-refractivity contribution in [3.63, 3.8) is 0 Å². The molecule has 0 spiro atoms. The fourth-order valence-corrected chi connectivity index (χ4v) is 1.76. The first-order valence-corrected chi connectivity index (χ1v) is 6.34. The van der Waals surface area contributed by atoms with E-state index in [1.165, 1.54) is 5.56 Å². The maximum absolute atomic E-state index is 11.9. The van der Waals surface area contributed by atoms with Gasteiger partial charge in [-0.2, -0.15) is 0 Å². The second-order valence-electron chi connectivity index (χ2n) is 4.49. The molecule has 0 bridgehead atoms. The van der Waals surface area contributed by atoms with Gasteiger partial charge in [-0.15, -0.1) is 0 Å². The van der Waals surface area contributed by atoms with Gasteiger partial charge in [0.25, 0.3) is 0 Å². The lowest BCUT2D eigenvalue weighted by atomic mass is 10.1. The van der Waals surface area contributed by atoms with E-state index in [1.54, 1.807) is 11.9 Å². The third-order valence-corrected chi connectivity index (χ3v) is 2.98. The van der Waals surface area contributed by atoms with Crippen LogP contribution in [0, 0.1) is 0 Å². The smallest absolute Gasteiger partial charge is 0.239 e. The number of aryl methyl sites for hydroxylation is 1. The van der Waals surface area contributed by atoms with Crippen molar-refractivity contribution in [2.24, 2.45) is 5.73 Å². The minimum Gasteiger partial charge on any atom is -0.343 e. The van der Waals surface area contributed by atoms with Gasteiger partial charge in [0.2, 0.25) is 5.91 Å². The van der Waals surface area contributed by atoms with Crippen molar-refractivity contribution < 1.29 is 4.79 Å². The van der Waals surface area contributed by atoms with Crippen LogP contribution in [0.15, 0.2) is 30.3 Å². The lowest BCUT2D eigenvalue weighted by Gasteiger charge is -2.21. The molecule has 3 N–H and O–H groups in total. The van der Waals surface area contributed by atoms with Crippen LogP contribution in [0.2, 0.25) is 0 Å². The van der Waals surface area contributed by atoms with Crippen molar-refractivity contribution in [2.75, 3.05) is 27.2 Å². The fraction of sp³-hybridized carbons (Fsp3) is 0.500. The Hall–Kier alpha value is -1.39. The van der Waals surface area contributed by atoms with Gasteiger partial charge in [-0.1, -0.05) is 30.3 Å². The highest BCUT2D eigenvalue weighted by Gasteiger charge is 2.17. The zero-order chi connectivity index (χ0) is 13.4. The number of hydrogen-bond donors (Lipinski definition) is 2. The molecule has 1 aromatic rings. The van der Waals surface area contributed by atoms with Gasteiger partial charge in [0.1, 0.15) is 0 Å². The van der Waals surface area contributed by atoms with Gasteiger partial charge in [-0.3, -0.25) is 4.79 Å². The van der Waals surface area contributed by atoms with Crippen LogP contribution in [-0.4, -0.2) is 44.0 Å². The van der Waals surface area contributed by atoms with Crippen LogP contribution in [0.25, 0.3) is 0 Å². The molecule has 4 nitrogen and oxygen atoms in total. The Morgan fingerprint density at radius 2 is 2.06 bits per heavy atom. The summed E-state index contributed by atoms with van der Waals surface area (Å²) in [5.74, 6) is 0.0150. The Balaban J connectivity index is 2.35. The lowest BCUT2D eigenvalue weighted by molar-refractivity contribution is -0.131. The quantitative estimate of drug-likeness (QED) is 0.745. The number of nitrogens with two attached hydrogens (primary N) is 1. The molecule has 1 atom stereocenters. The normalized spacial score (nSPS) is 12.2. The van der Waals surface area contributed by atoms with Gasteiger partial charge in [-0.05, 0) is 25.5 Å². The molecule has 1 aromatic carbocycles.